The maximum atomic E-state index is 9.14. The molecule has 1 heterocycles. The molecule has 1 aromatic heterocycles. The summed E-state index contributed by atoms with van der Waals surface area (Å²) < 4.78 is 0. The molecule has 3 aromatic rings. The van der Waals surface area contributed by atoms with Crippen molar-refractivity contribution in [2.45, 2.75) is 32.5 Å². The predicted octanol–water partition coefficient (Wildman–Crippen LogP) is 4.76. The molecule has 0 amide bonds. The van der Waals surface area contributed by atoms with Gasteiger partial charge in [0.2, 0.25) is 0 Å². The average molecular weight is 341 g/mol. The van der Waals surface area contributed by atoms with E-state index in [-0.39, 0.29) is 0 Å². The highest BCUT2D eigenvalue weighted by Crippen LogP contribution is 2.33. The van der Waals surface area contributed by atoms with E-state index >= 15 is 0 Å². The van der Waals surface area contributed by atoms with E-state index in [2.05, 4.69) is 66.4 Å². The summed E-state index contributed by atoms with van der Waals surface area (Å²) in [7, 11) is -1.37. The third kappa shape index (κ3) is 3.00. The van der Waals surface area contributed by atoms with Crippen molar-refractivity contribution in [3.8, 4) is 17.5 Å². The van der Waals surface area contributed by atoms with E-state index in [9.17, 15) is 0 Å². The molecule has 0 atom stereocenters. The quantitative estimate of drug-likeness (QED) is 0.364. The molecular formula is C22H20N2Si. The van der Waals surface area contributed by atoms with Crippen LogP contribution in [0.4, 0.5) is 0 Å². The number of nitriles is 1. The molecule has 4 rings (SSSR count). The number of aromatic nitrogens is 1. The van der Waals surface area contributed by atoms with Gasteiger partial charge in [0.25, 0.3) is 0 Å². The van der Waals surface area contributed by atoms with Crippen molar-refractivity contribution in [3.63, 3.8) is 0 Å². The minimum atomic E-state index is -1.37. The van der Waals surface area contributed by atoms with Crippen LogP contribution in [0.3, 0.4) is 0 Å². The van der Waals surface area contributed by atoms with Gasteiger partial charge in [0.1, 0.15) is 8.07 Å². The number of benzene rings is 2. The lowest BCUT2D eigenvalue weighted by molar-refractivity contribution is 0.979. The number of aromatic amines is 1. The molecule has 2 nitrogen and oxygen atoms in total. The Bertz CT molecular complexity index is 1100. The molecule has 0 spiro atoms. The molecule has 0 fully saturated rings. The van der Waals surface area contributed by atoms with E-state index in [4.69, 9.17) is 5.26 Å². The molecule has 1 aliphatic rings. The highest BCUT2D eigenvalue weighted by molar-refractivity contribution is 6.83. The van der Waals surface area contributed by atoms with Gasteiger partial charge in [0.15, 0.2) is 0 Å². The fraction of sp³-hybridized carbons (Fsp3) is 0.227. The minimum Gasteiger partial charge on any atom is -0.358 e. The average Bonchev–Trinajstić information content (AvgIpc) is 2.93. The zero-order valence-corrected chi connectivity index (χ0v) is 15.8. The van der Waals surface area contributed by atoms with Gasteiger partial charge in [0, 0.05) is 35.0 Å². The zero-order chi connectivity index (χ0) is 17.6. The summed E-state index contributed by atoms with van der Waals surface area (Å²) >= 11 is 0. The Morgan fingerprint density at radius 3 is 2.52 bits per heavy atom. The van der Waals surface area contributed by atoms with Gasteiger partial charge in [-0.1, -0.05) is 37.7 Å². The third-order valence-corrected chi connectivity index (χ3v) is 5.52. The molecule has 0 radical (unpaired) electrons. The first-order valence-electron chi connectivity index (χ1n) is 8.61. The van der Waals surface area contributed by atoms with E-state index in [0.29, 0.717) is 0 Å². The van der Waals surface area contributed by atoms with E-state index in [1.807, 2.05) is 12.1 Å². The third-order valence-electron chi connectivity index (χ3n) is 4.65. The first-order chi connectivity index (χ1) is 11.9. The van der Waals surface area contributed by atoms with Crippen LogP contribution < -0.4 is 0 Å². The lowest BCUT2D eigenvalue weighted by atomic mass is 9.88. The minimum absolute atomic E-state index is 0.742. The maximum absolute atomic E-state index is 9.14. The molecule has 3 heteroatoms. The Kier molecular flexibility index (Phi) is 3.56. The van der Waals surface area contributed by atoms with E-state index in [1.165, 1.54) is 33.3 Å². The molecule has 0 aliphatic heterocycles. The summed E-state index contributed by atoms with van der Waals surface area (Å²) in [5.41, 5.74) is 11.7. The van der Waals surface area contributed by atoms with Crippen molar-refractivity contribution in [3.05, 3.63) is 69.9 Å². The van der Waals surface area contributed by atoms with Crippen molar-refractivity contribution >= 4 is 19.0 Å². The molecule has 25 heavy (non-hydrogen) atoms. The smallest absolute Gasteiger partial charge is 0.129 e. The largest absolute Gasteiger partial charge is 0.358 e. The number of hydrogen-bond donors (Lipinski definition) is 1. The molecule has 1 N–H and O–H groups in total. The van der Waals surface area contributed by atoms with Gasteiger partial charge in [-0.2, -0.15) is 5.26 Å². The molecule has 2 aromatic carbocycles. The zero-order valence-electron chi connectivity index (χ0n) is 14.8. The number of rotatable bonds is 0. The second kappa shape index (κ2) is 5.65. The monoisotopic (exact) mass is 340 g/mol. The van der Waals surface area contributed by atoms with Crippen LogP contribution in [0.15, 0.2) is 36.4 Å². The Morgan fingerprint density at radius 2 is 1.76 bits per heavy atom. The second-order valence-electron chi connectivity index (χ2n) is 7.79. The highest BCUT2D eigenvalue weighted by Gasteiger charge is 2.20. The van der Waals surface area contributed by atoms with Crippen molar-refractivity contribution in [1.29, 1.82) is 5.26 Å². The van der Waals surface area contributed by atoms with Crippen molar-refractivity contribution in [2.75, 3.05) is 0 Å². The molecule has 0 saturated heterocycles. The Morgan fingerprint density at radius 1 is 0.960 bits per heavy atom. The van der Waals surface area contributed by atoms with Crippen molar-refractivity contribution < 1.29 is 0 Å². The topological polar surface area (TPSA) is 39.6 Å². The predicted molar refractivity (Wildman–Crippen MR) is 105 cm³/mol. The number of nitrogens with one attached hydrogen (secondary N) is 1. The SMILES string of the molecule is C[Si](C)(C)C#Cc1ccc2c3c([nH]c2c1)Cc1ccc(C#N)cc1C3. The van der Waals surface area contributed by atoms with Crippen LogP contribution in [0.2, 0.25) is 19.6 Å². The van der Waals surface area contributed by atoms with Crippen LogP contribution in [0.5, 0.6) is 0 Å². The van der Waals surface area contributed by atoms with Crippen LogP contribution >= 0.6 is 0 Å². The Hall–Kier alpha value is -2.75. The molecule has 0 saturated carbocycles. The summed E-state index contributed by atoms with van der Waals surface area (Å²) in [6.45, 7) is 6.79. The Balaban J connectivity index is 1.76. The fourth-order valence-electron chi connectivity index (χ4n) is 3.42. The Labute approximate surface area is 149 Å². The molecule has 0 bridgehead atoms. The van der Waals surface area contributed by atoms with Crippen LogP contribution in [-0.2, 0) is 12.8 Å². The van der Waals surface area contributed by atoms with Crippen LogP contribution in [0.25, 0.3) is 10.9 Å². The van der Waals surface area contributed by atoms with Crippen molar-refractivity contribution in [1.82, 2.24) is 4.98 Å². The first kappa shape index (κ1) is 15.8. The normalized spacial score (nSPS) is 12.7. The first-order valence-corrected chi connectivity index (χ1v) is 12.1. The fourth-order valence-corrected chi connectivity index (χ4v) is 3.93. The molecule has 0 unspecified atom stereocenters. The maximum Gasteiger partial charge on any atom is 0.129 e. The summed E-state index contributed by atoms with van der Waals surface area (Å²) in [6, 6.07) is 14.8. The van der Waals surface area contributed by atoms with Gasteiger partial charge in [-0.05, 0) is 41.0 Å². The van der Waals surface area contributed by atoms with E-state index in [0.717, 1.165) is 24.0 Å². The summed E-state index contributed by atoms with van der Waals surface area (Å²) in [5, 5.41) is 10.4. The van der Waals surface area contributed by atoms with Gasteiger partial charge >= 0.3 is 0 Å². The molecular weight excluding hydrogens is 320 g/mol. The summed E-state index contributed by atoms with van der Waals surface area (Å²) in [5.74, 6) is 3.35. The van der Waals surface area contributed by atoms with Gasteiger partial charge < -0.3 is 4.98 Å². The van der Waals surface area contributed by atoms with Gasteiger partial charge in [-0.25, -0.2) is 0 Å². The highest BCUT2D eigenvalue weighted by atomic mass is 28.3. The van der Waals surface area contributed by atoms with Crippen LogP contribution in [-0.4, -0.2) is 13.1 Å². The van der Waals surface area contributed by atoms with Crippen LogP contribution in [0, 0.1) is 22.8 Å². The second-order valence-corrected chi connectivity index (χ2v) is 12.5. The number of H-pyrrole nitrogens is 1. The van der Waals surface area contributed by atoms with Crippen molar-refractivity contribution in [2.24, 2.45) is 0 Å². The number of fused-ring (bicyclic) bond motifs is 4. The summed E-state index contributed by atoms with van der Waals surface area (Å²) in [6.07, 6.45) is 1.79. The van der Waals surface area contributed by atoms with Gasteiger partial charge in [-0.3, -0.25) is 0 Å². The summed E-state index contributed by atoms with van der Waals surface area (Å²) in [4.78, 5) is 3.60. The van der Waals surface area contributed by atoms with Crippen LogP contribution in [0.1, 0.15) is 33.5 Å². The standard InChI is InChI=1S/C22H20N2Si/c1-25(2,3)9-8-15-5-7-19-20-12-18-10-16(14-23)4-6-17(18)13-22(20)24-21(19)11-15/h4-7,10-11,24H,12-13H2,1-3H3. The number of nitrogens with zero attached hydrogens (tertiary/aromatic N) is 1. The van der Waals surface area contributed by atoms with Gasteiger partial charge in [-0.15, -0.1) is 5.54 Å². The number of hydrogen-bond acceptors (Lipinski definition) is 1. The lowest BCUT2D eigenvalue weighted by Crippen LogP contribution is -2.16. The van der Waals surface area contributed by atoms with Gasteiger partial charge in [0.05, 0.1) is 11.6 Å². The van der Waals surface area contributed by atoms with E-state index < -0.39 is 8.07 Å². The molecule has 122 valence electrons. The molecule has 1 aliphatic carbocycles. The van der Waals surface area contributed by atoms with E-state index in [1.54, 1.807) is 0 Å². The lowest BCUT2D eigenvalue weighted by Gasteiger charge is -2.16.